The van der Waals surface area contributed by atoms with Crippen LogP contribution in [0.4, 0.5) is 0 Å². The number of aryl methyl sites for hydroxylation is 1. The van der Waals surface area contributed by atoms with Gasteiger partial charge in [-0.15, -0.1) is 0 Å². The molecular formula is C17H27NO3. The summed E-state index contributed by atoms with van der Waals surface area (Å²) in [4.78, 5) is 0. The van der Waals surface area contributed by atoms with Crippen LogP contribution in [0, 0.1) is 0 Å². The zero-order valence-electron chi connectivity index (χ0n) is 13.4. The second-order valence-corrected chi connectivity index (χ2v) is 5.44. The van der Waals surface area contributed by atoms with E-state index in [-0.39, 0.29) is 12.1 Å². The molecule has 1 N–H and O–H groups in total. The van der Waals surface area contributed by atoms with Gasteiger partial charge in [0.15, 0.2) is 0 Å². The molecule has 2 rings (SSSR count). The Morgan fingerprint density at radius 3 is 2.81 bits per heavy atom. The number of hydrogen-bond donors (Lipinski definition) is 1. The average molecular weight is 293 g/mol. The Morgan fingerprint density at radius 2 is 2.10 bits per heavy atom. The molecule has 1 aromatic rings. The number of nitrogens with one attached hydrogen (secondary N) is 1. The van der Waals surface area contributed by atoms with Crippen LogP contribution in [0.5, 0.6) is 5.75 Å². The fourth-order valence-electron chi connectivity index (χ4n) is 2.89. The van der Waals surface area contributed by atoms with E-state index in [1.54, 1.807) is 14.2 Å². The highest BCUT2D eigenvalue weighted by Gasteiger charge is 2.30. The maximum Gasteiger partial charge on any atom is 0.119 e. The van der Waals surface area contributed by atoms with Crippen LogP contribution in [0.25, 0.3) is 0 Å². The number of methoxy groups -OCH3 is 2. The summed E-state index contributed by atoms with van der Waals surface area (Å²) in [6, 6.07) is 6.61. The van der Waals surface area contributed by atoms with Crippen LogP contribution >= 0.6 is 0 Å². The molecule has 0 bridgehead atoms. The predicted octanol–water partition coefficient (Wildman–Crippen LogP) is 2.71. The van der Waals surface area contributed by atoms with Gasteiger partial charge in [-0.25, -0.2) is 0 Å². The summed E-state index contributed by atoms with van der Waals surface area (Å²) in [6.07, 6.45) is 3.41. The Balaban J connectivity index is 2.16. The first-order valence-electron chi connectivity index (χ1n) is 7.80. The molecule has 0 spiro atoms. The Morgan fingerprint density at radius 1 is 1.24 bits per heavy atom. The van der Waals surface area contributed by atoms with Crippen molar-refractivity contribution >= 4 is 0 Å². The Kier molecular flexibility index (Phi) is 6.49. The van der Waals surface area contributed by atoms with E-state index < -0.39 is 0 Å². The third kappa shape index (κ3) is 4.19. The molecule has 0 saturated heterocycles. The Hall–Kier alpha value is -1.10. The van der Waals surface area contributed by atoms with Crippen LogP contribution in [-0.4, -0.2) is 40.1 Å². The van der Waals surface area contributed by atoms with Crippen LogP contribution in [0.15, 0.2) is 18.2 Å². The SMILES string of the molecule is CCCNC1c2cc(OC)ccc2CCC1OCCOC. The quantitative estimate of drug-likeness (QED) is 0.748. The highest BCUT2D eigenvalue weighted by atomic mass is 16.5. The third-order valence-electron chi connectivity index (χ3n) is 3.99. The van der Waals surface area contributed by atoms with E-state index in [2.05, 4.69) is 24.4 Å². The van der Waals surface area contributed by atoms with Gasteiger partial charge in [0.25, 0.3) is 0 Å². The third-order valence-corrected chi connectivity index (χ3v) is 3.99. The van der Waals surface area contributed by atoms with Crippen LogP contribution in [0.3, 0.4) is 0 Å². The average Bonchev–Trinajstić information content (AvgIpc) is 2.53. The van der Waals surface area contributed by atoms with Crippen LogP contribution in [0.1, 0.15) is 36.9 Å². The van der Waals surface area contributed by atoms with Gasteiger partial charge in [-0.05, 0) is 49.1 Å². The van der Waals surface area contributed by atoms with Gasteiger partial charge in [-0.3, -0.25) is 0 Å². The number of ether oxygens (including phenoxy) is 3. The zero-order valence-corrected chi connectivity index (χ0v) is 13.4. The van der Waals surface area contributed by atoms with Gasteiger partial charge in [0, 0.05) is 7.11 Å². The van der Waals surface area contributed by atoms with E-state index >= 15 is 0 Å². The molecule has 0 aromatic heterocycles. The molecule has 4 nitrogen and oxygen atoms in total. The molecule has 2 unspecified atom stereocenters. The van der Waals surface area contributed by atoms with Crippen LogP contribution in [-0.2, 0) is 15.9 Å². The van der Waals surface area contributed by atoms with E-state index in [1.165, 1.54) is 11.1 Å². The topological polar surface area (TPSA) is 39.7 Å². The largest absolute Gasteiger partial charge is 0.497 e. The normalized spacial score (nSPS) is 21.1. The smallest absolute Gasteiger partial charge is 0.119 e. The Bertz CT molecular complexity index is 436. The summed E-state index contributed by atoms with van der Waals surface area (Å²) in [5, 5.41) is 3.63. The summed E-state index contributed by atoms with van der Waals surface area (Å²) < 4.78 is 16.5. The molecule has 0 fully saturated rings. The molecule has 4 heteroatoms. The maximum atomic E-state index is 6.04. The molecular weight excluding hydrogens is 266 g/mol. The fraction of sp³-hybridized carbons (Fsp3) is 0.647. The molecule has 2 atom stereocenters. The van der Waals surface area contributed by atoms with E-state index in [0.717, 1.165) is 31.6 Å². The van der Waals surface area contributed by atoms with Crippen molar-refractivity contribution < 1.29 is 14.2 Å². The van der Waals surface area contributed by atoms with Crippen molar-refractivity contribution in [3.05, 3.63) is 29.3 Å². The van der Waals surface area contributed by atoms with Gasteiger partial charge in [0.1, 0.15) is 5.75 Å². The second kappa shape index (κ2) is 8.37. The zero-order chi connectivity index (χ0) is 15.1. The lowest BCUT2D eigenvalue weighted by atomic mass is 9.85. The summed E-state index contributed by atoms with van der Waals surface area (Å²) >= 11 is 0. The van der Waals surface area contributed by atoms with Crippen molar-refractivity contribution in [2.75, 3.05) is 34.0 Å². The van der Waals surface area contributed by atoms with E-state index in [4.69, 9.17) is 14.2 Å². The summed E-state index contributed by atoms with van der Waals surface area (Å²) in [7, 11) is 3.42. The summed E-state index contributed by atoms with van der Waals surface area (Å²) in [6.45, 7) is 4.46. The number of rotatable bonds is 8. The highest BCUT2D eigenvalue weighted by Crippen LogP contribution is 2.34. The Labute approximate surface area is 127 Å². The second-order valence-electron chi connectivity index (χ2n) is 5.44. The minimum Gasteiger partial charge on any atom is -0.497 e. The van der Waals surface area contributed by atoms with Crippen LogP contribution in [0.2, 0.25) is 0 Å². The summed E-state index contributed by atoms with van der Waals surface area (Å²) in [5.74, 6) is 0.912. The van der Waals surface area contributed by atoms with Crippen LogP contribution < -0.4 is 10.1 Å². The van der Waals surface area contributed by atoms with Crippen molar-refractivity contribution in [3.8, 4) is 5.75 Å². The lowest BCUT2D eigenvalue weighted by molar-refractivity contribution is -0.0101. The minimum absolute atomic E-state index is 0.200. The van der Waals surface area contributed by atoms with Gasteiger partial charge in [0.2, 0.25) is 0 Å². The molecule has 0 aliphatic heterocycles. The predicted molar refractivity (Wildman–Crippen MR) is 84.0 cm³/mol. The monoisotopic (exact) mass is 293 g/mol. The highest BCUT2D eigenvalue weighted by molar-refractivity contribution is 5.40. The van der Waals surface area contributed by atoms with E-state index in [1.807, 2.05) is 6.07 Å². The lowest BCUT2D eigenvalue weighted by Gasteiger charge is -2.34. The van der Waals surface area contributed by atoms with Crippen molar-refractivity contribution in [2.24, 2.45) is 0 Å². The molecule has 118 valence electrons. The standard InChI is InChI=1S/C17H27NO3/c1-4-9-18-17-15-12-14(20-3)7-5-13(15)6-8-16(17)21-11-10-19-2/h5,7,12,16-18H,4,6,8-11H2,1-3H3. The number of benzene rings is 1. The minimum atomic E-state index is 0.200. The molecule has 0 saturated carbocycles. The first-order chi connectivity index (χ1) is 10.3. The number of hydrogen-bond acceptors (Lipinski definition) is 4. The van der Waals surface area contributed by atoms with Gasteiger partial charge in [-0.1, -0.05) is 13.0 Å². The number of fused-ring (bicyclic) bond motifs is 1. The van der Waals surface area contributed by atoms with E-state index in [9.17, 15) is 0 Å². The fourth-order valence-corrected chi connectivity index (χ4v) is 2.89. The molecule has 1 aromatic carbocycles. The van der Waals surface area contributed by atoms with Gasteiger partial charge in [0.05, 0.1) is 32.5 Å². The summed E-state index contributed by atoms with van der Waals surface area (Å²) in [5.41, 5.74) is 2.72. The van der Waals surface area contributed by atoms with Crippen molar-refractivity contribution in [1.29, 1.82) is 0 Å². The van der Waals surface area contributed by atoms with Gasteiger partial charge >= 0.3 is 0 Å². The van der Waals surface area contributed by atoms with Crippen molar-refractivity contribution in [2.45, 2.75) is 38.3 Å². The lowest BCUT2D eigenvalue weighted by Crippen LogP contribution is -2.38. The molecule has 1 aliphatic carbocycles. The molecule has 0 amide bonds. The van der Waals surface area contributed by atoms with Gasteiger partial charge in [-0.2, -0.15) is 0 Å². The van der Waals surface area contributed by atoms with Gasteiger partial charge < -0.3 is 19.5 Å². The van der Waals surface area contributed by atoms with E-state index in [0.29, 0.717) is 13.2 Å². The molecule has 21 heavy (non-hydrogen) atoms. The molecule has 1 aliphatic rings. The molecule has 0 radical (unpaired) electrons. The van der Waals surface area contributed by atoms with Crippen molar-refractivity contribution in [3.63, 3.8) is 0 Å². The van der Waals surface area contributed by atoms with Crippen molar-refractivity contribution in [1.82, 2.24) is 5.32 Å². The first-order valence-corrected chi connectivity index (χ1v) is 7.80. The maximum absolute atomic E-state index is 6.04. The molecule has 0 heterocycles. The first kappa shape index (κ1) is 16.3.